The van der Waals surface area contributed by atoms with E-state index in [0.29, 0.717) is 6.54 Å². The number of urea groups is 1. The largest absolute Gasteiger partial charge is 0.338 e. The smallest absolute Gasteiger partial charge is 0.319 e. The number of rotatable bonds is 4. The molecule has 0 atom stereocenters. The molecule has 0 fully saturated rings. The zero-order valence-corrected chi connectivity index (χ0v) is 12.1. The van der Waals surface area contributed by atoms with Gasteiger partial charge in [-0.05, 0) is 29.5 Å². The average molecular weight is 291 g/mol. The molecular weight excluding hydrogens is 274 g/mol. The Hall–Kier alpha value is -2.88. The summed E-state index contributed by atoms with van der Waals surface area (Å²) in [4.78, 5) is 16.1. The molecule has 0 bridgehead atoms. The predicted octanol–water partition coefficient (Wildman–Crippen LogP) is 3.60. The highest BCUT2D eigenvalue weighted by Gasteiger charge is 2.04. The van der Waals surface area contributed by atoms with Crippen LogP contribution in [0.4, 0.5) is 10.5 Å². The number of benzene rings is 2. The molecular formula is C18H17N3O. The van der Waals surface area contributed by atoms with E-state index in [1.54, 1.807) is 6.20 Å². The first-order valence-corrected chi connectivity index (χ1v) is 7.24. The number of anilines is 1. The van der Waals surface area contributed by atoms with E-state index in [0.717, 1.165) is 28.4 Å². The number of nitrogens with one attached hydrogen (secondary N) is 2. The summed E-state index contributed by atoms with van der Waals surface area (Å²) in [5.41, 5.74) is 1.92. The number of carbonyl (C=O) groups is 1. The Morgan fingerprint density at radius 1 is 1.00 bits per heavy atom. The van der Waals surface area contributed by atoms with E-state index in [4.69, 9.17) is 0 Å². The highest BCUT2D eigenvalue weighted by molar-refractivity contribution is 6.01. The first-order valence-electron chi connectivity index (χ1n) is 7.24. The molecule has 0 spiro atoms. The van der Waals surface area contributed by atoms with Crippen molar-refractivity contribution in [1.29, 1.82) is 0 Å². The van der Waals surface area contributed by atoms with Gasteiger partial charge in [-0.2, -0.15) is 0 Å². The first-order chi connectivity index (χ1) is 10.8. The third-order valence-corrected chi connectivity index (χ3v) is 3.46. The predicted molar refractivity (Wildman–Crippen MR) is 88.9 cm³/mol. The van der Waals surface area contributed by atoms with Gasteiger partial charge < -0.3 is 10.6 Å². The second-order valence-corrected chi connectivity index (χ2v) is 5.02. The van der Waals surface area contributed by atoms with Crippen molar-refractivity contribution >= 4 is 22.5 Å². The number of hydrogen-bond acceptors (Lipinski definition) is 2. The summed E-state index contributed by atoms with van der Waals surface area (Å²) in [5, 5.41) is 7.91. The molecule has 3 aromatic rings. The van der Waals surface area contributed by atoms with Gasteiger partial charge >= 0.3 is 6.03 Å². The molecule has 0 aliphatic heterocycles. The Balaban J connectivity index is 1.59. The Morgan fingerprint density at radius 2 is 1.86 bits per heavy atom. The fourth-order valence-corrected chi connectivity index (χ4v) is 2.37. The molecule has 22 heavy (non-hydrogen) atoms. The molecule has 2 N–H and O–H groups in total. The molecule has 1 aromatic heterocycles. The van der Waals surface area contributed by atoms with Gasteiger partial charge in [0.05, 0.1) is 5.69 Å². The van der Waals surface area contributed by atoms with Crippen LogP contribution in [-0.2, 0) is 6.42 Å². The van der Waals surface area contributed by atoms with Crippen LogP contribution in [0.25, 0.3) is 10.8 Å². The summed E-state index contributed by atoms with van der Waals surface area (Å²) < 4.78 is 0. The van der Waals surface area contributed by atoms with Gasteiger partial charge in [0.25, 0.3) is 0 Å². The van der Waals surface area contributed by atoms with Gasteiger partial charge in [0, 0.05) is 24.3 Å². The van der Waals surface area contributed by atoms with Crippen LogP contribution < -0.4 is 10.6 Å². The van der Waals surface area contributed by atoms with Gasteiger partial charge in [0.2, 0.25) is 0 Å². The Kier molecular flexibility index (Phi) is 4.30. The molecule has 2 amide bonds. The molecule has 4 nitrogen and oxygen atoms in total. The highest BCUT2D eigenvalue weighted by atomic mass is 16.2. The molecule has 1 heterocycles. The Labute approximate surface area is 129 Å². The van der Waals surface area contributed by atoms with Gasteiger partial charge in [-0.15, -0.1) is 0 Å². The molecule has 0 saturated heterocycles. The van der Waals surface area contributed by atoms with E-state index in [1.807, 2.05) is 60.8 Å². The summed E-state index contributed by atoms with van der Waals surface area (Å²) in [6.07, 6.45) is 4.31. The molecule has 0 unspecified atom stereocenters. The van der Waals surface area contributed by atoms with Crippen LogP contribution in [-0.4, -0.2) is 17.6 Å². The monoisotopic (exact) mass is 291 g/mol. The maximum absolute atomic E-state index is 12.0. The lowest BCUT2D eigenvalue weighted by Crippen LogP contribution is -2.30. The molecule has 4 heteroatoms. The van der Waals surface area contributed by atoms with E-state index in [9.17, 15) is 4.79 Å². The number of nitrogens with zero attached hydrogens (tertiary/aromatic N) is 1. The van der Waals surface area contributed by atoms with Crippen molar-refractivity contribution in [3.63, 3.8) is 0 Å². The average Bonchev–Trinajstić information content (AvgIpc) is 2.56. The van der Waals surface area contributed by atoms with Gasteiger partial charge in [0.1, 0.15) is 0 Å². The summed E-state index contributed by atoms with van der Waals surface area (Å²) in [5.74, 6) is 0. The number of pyridine rings is 1. The topological polar surface area (TPSA) is 54.0 Å². The van der Waals surface area contributed by atoms with Crippen LogP contribution in [0.5, 0.6) is 0 Å². The van der Waals surface area contributed by atoms with Crippen molar-refractivity contribution in [3.8, 4) is 0 Å². The molecule has 110 valence electrons. The Morgan fingerprint density at radius 3 is 2.73 bits per heavy atom. The van der Waals surface area contributed by atoms with Crippen LogP contribution in [0.3, 0.4) is 0 Å². The van der Waals surface area contributed by atoms with E-state index >= 15 is 0 Å². The van der Waals surface area contributed by atoms with Crippen LogP contribution >= 0.6 is 0 Å². The number of hydrogen-bond donors (Lipinski definition) is 2. The van der Waals surface area contributed by atoms with Gasteiger partial charge in [-0.25, -0.2) is 4.79 Å². The zero-order valence-electron chi connectivity index (χ0n) is 12.1. The third-order valence-electron chi connectivity index (χ3n) is 3.46. The van der Waals surface area contributed by atoms with Gasteiger partial charge in [0.15, 0.2) is 0 Å². The molecule has 0 aliphatic carbocycles. The second-order valence-electron chi connectivity index (χ2n) is 5.02. The van der Waals surface area contributed by atoms with Crippen molar-refractivity contribution in [2.24, 2.45) is 0 Å². The lowest BCUT2D eigenvalue weighted by atomic mass is 10.1. The number of fused-ring (bicyclic) bond motifs is 1. The SMILES string of the molecule is O=C(NCCc1cccnc1)Nc1cccc2ccccc12. The van der Waals surface area contributed by atoms with Gasteiger partial charge in [-0.3, -0.25) is 4.98 Å². The number of aromatic nitrogens is 1. The lowest BCUT2D eigenvalue weighted by molar-refractivity contribution is 0.252. The number of carbonyl (C=O) groups excluding carboxylic acids is 1. The van der Waals surface area contributed by atoms with Crippen LogP contribution in [0.2, 0.25) is 0 Å². The summed E-state index contributed by atoms with van der Waals surface area (Å²) in [7, 11) is 0. The highest BCUT2D eigenvalue weighted by Crippen LogP contribution is 2.22. The number of amides is 2. The third kappa shape index (κ3) is 3.41. The second kappa shape index (κ2) is 6.72. The normalized spacial score (nSPS) is 10.4. The van der Waals surface area contributed by atoms with Crippen LogP contribution in [0, 0.1) is 0 Å². The molecule has 0 aliphatic rings. The fraction of sp³-hybridized carbons (Fsp3) is 0.111. The summed E-state index contributed by atoms with van der Waals surface area (Å²) in [6, 6.07) is 17.6. The Bertz CT molecular complexity index is 766. The van der Waals surface area contributed by atoms with Crippen LogP contribution in [0.15, 0.2) is 67.0 Å². The van der Waals surface area contributed by atoms with Crippen molar-refractivity contribution < 1.29 is 4.79 Å². The first kappa shape index (κ1) is 14.1. The standard InChI is InChI=1S/C18H17N3O/c22-18(20-12-10-14-5-4-11-19-13-14)21-17-9-3-7-15-6-1-2-8-16(15)17/h1-9,11,13H,10,12H2,(H2,20,21,22). The lowest BCUT2D eigenvalue weighted by Gasteiger charge is -2.10. The van der Waals surface area contributed by atoms with Crippen molar-refractivity contribution in [2.45, 2.75) is 6.42 Å². The molecule has 0 saturated carbocycles. The molecule has 3 rings (SSSR count). The van der Waals surface area contributed by atoms with E-state index < -0.39 is 0 Å². The van der Waals surface area contributed by atoms with E-state index in [2.05, 4.69) is 15.6 Å². The summed E-state index contributed by atoms with van der Waals surface area (Å²) >= 11 is 0. The van der Waals surface area contributed by atoms with Crippen LogP contribution in [0.1, 0.15) is 5.56 Å². The maximum Gasteiger partial charge on any atom is 0.319 e. The minimum atomic E-state index is -0.194. The maximum atomic E-state index is 12.0. The van der Waals surface area contributed by atoms with Crippen molar-refractivity contribution in [1.82, 2.24) is 10.3 Å². The minimum absolute atomic E-state index is 0.194. The van der Waals surface area contributed by atoms with Crippen molar-refractivity contribution in [2.75, 3.05) is 11.9 Å². The van der Waals surface area contributed by atoms with E-state index in [-0.39, 0.29) is 6.03 Å². The quantitative estimate of drug-likeness (QED) is 0.771. The molecule has 0 radical (unpaired) electrons. The van der Waals surface area contributed by atoms with Gasteiger partial charge in [-0.1, -0.05) is 42.5 Å². The molecule has 2 aromatic carbocycles. The summed E-state index contributed by atoms with van der Waals surface area (Å²) in [6.45, 7) is 0.572. The van der Waals surface area contributed by atoms with Crippen molar-refractivity contribution in [3.05, 3.63) is 72.6 Å². The minimum Gasteiger partial charge on any atom is -0.338 e. The zero-order chi connectivity index (χ0) is 15.2. The fourth-order valence-electron chi connectivity index (χ4n) is 2.37. The van der Waals surface area contributed by atoms with E-state index in [1.165, 1.54) is 0 Å².